The Morgan fingerprint density at radius 1 is 1.47 bits per heavy atom. The van der Waals surface area contributed by atoms with Crippen LogP contribution in [0.2, 0.25) is 5.15 Å². The molecule has 0 atom stereocenters. The van der Waals surface area contributed by atoms with E-state index in [1.807, 2.05) is 14.0 Å². The van der Waals surface area contributed by atoms with Gasteiger partial charge in [0.05, 0.1) is 5.56 Å². The minimum absolute atomic E-state index is 0.337. The van der Waals surface area contributed by atoms with E-state index in [0.717, 1.165) is 30.8 Å². The molecule has 78 valence electrons. The minimum Gasteiger partial charge on any atom is -0.302 e. The molecule has 1 aromatic rings. The van der Waals surface area contributed by atoms with Crippen molar-refractivity contribution in [2.24, 2.45) is 0 Å². The highest BCUT2D eigenvalue weighted by atomic mass is 35.5. The van der Waals surface area contributed by atoms with E-state index in [1.54, 1.807) is 0 Å². The van der Waals surface area contributed by atoms with Gasteiger partial charge >= 0.3 is 0 Å². The molecule has 0 saturated carbocycles. The van der Waals surface area contributed by atoms with Crippen molar-refractivity contribution in [2.45, 2.75) is 19.9 Å². The zero-order valence-electron chi connectivity index (χ0n) is 8.84. The van der Waals surface area contributed by atoms with E-state index in [0.29, 0.717) is 10.7 Å². The minimum atomic E-state index is 0.337. The lowest BCUT2D eigenvalue weighted by Crippen LogP contribution is -2.28. The first-order valence-electron chi connectivity index (χ1n) is 4.90. The van der Waals surface area contributed by atoms with Crippen molar-refractivity contribution in [2.75, 3.05) is 13.6 Å². The Bertz CT molecular complexity index is 448. The highest BCUT2D eigenvalue weighted by Gasteiger charge is 2.21. The average Bonchev–Trinajstić information content (AvgIpc) is 2.17. The fourth-order valence-corrected chi connectivity index (χ4v) is 2.32. The summed E-state index contributed by atoms with van der Waals surface area (Å²) in [5.41, 5.74) is 3.77. The third-order valence-electron chi connectivity index (χ3n) is 2.86. The van der Waals surface area contributed by atoms with E-state index in [2.05, 4.69) is 16.0 Å². The number of pyridine rings is 1. The second-order valence-corrected chi connectivity index (χ2v) is 4.28. The van der Waals surface area contributed by atoms with Gasteiger partial charge in [-0.15, -0.1) is 0 Å². The third-order valence-corrected chi connectivity index (χ3v) is 3.13. The zero-order chi connectivity index (χ0) is 11.0. The second kappa shape index (κ2) is 3.80. The number of nitrogens with zero attached hydrogens (tertiary/aromatic N) is 3. The van der Waals surface area contributed by atoms with Crippen LogP contribution in [0.5, 0.6) is 0 Å². The number of nitriles is 1. The van der Waals surface area contributed by atoms with Crippen LogP contribution in [0.15, 0.2) is 0 Å². The monoisotopic (exact) mass is 221 g/mol. The zero-order valence-corrected chi connectivity index (χ0v) is 9.60. The number of aryl methyl sites for hydroxylation is 1. The summed E-state index contributed by atoms with van der Waals surface area (Å²) < 4.78 is 0. The summed E-state index contributed by atoms with van der Waals surface area (Å²) in [6, 6.07) is 2.15. The molecule has 0 N–H and O–H groups in total. The standard InChI is InChI=1S/C11H12ClN3/c1-7-8-3-4-15(2)6-10(8)9(5-13)11(12)14-7/h3-4,6H2,1-2H3. The van der Waals surface area contributed by atoms with Crippen molar-refractivity contribution < 1.29 is 0 Å². The lowest BCUT2D eigenvalue weighted by atomic mass is 9.96. The van der Waals surface area contributed by atoms with Gasteiger partial charge in [-0.25, -0.2) is 4.98 Å². The Labute approximate surface area is 94.3 Å². The van der Waals surface area contributed by atoms with Crippen LogP contribution < -0.4 is 0 Å². The normalized spacial score (nSPS) is 15.9. The molecule has 0 aromatic carbocycles. The van der Waals surface area contributed by atoms with Crippen LogP contribution in [0.1, 0.15) is 22.4 Å². The summed E-state index contributed by atoms with van der Waals surface area (Å²) in [6.45, 7) is 3.76. The molecule has 0 bridgehead atoms. The molecule has 0 amide bonds. The van der Waals surface area contributed by atoms with Gasteiger partial charge in [0.1, 0.15) is 11.2 Å². The fourth-order valence-electron chi connectivity index (χ4n) is 2.04. The van der Waals surface area contributed by atoms with Crippen molar-refractivity contribution in [1.29, 1.82) is 5.26 Å². The Balaban J connectivity index is 2.64. The smallest absolute Gasteiger partial charge is 0.147 e. The molecule has 3 nitrogen and oxygen atoms in total. The van der Waals surface area contributed by atoms with Gasteiger partial charge < -0.3 is 4.90 Å². The molecule has 0 aliphatic carbocycles. The Morgan fingerprint density at radius 2 is 2.20 bits per heavy atom. The van der Waals surface area contributed by atoms with Crippen molar-refractivity contribution in [3.05, 3.63) is 27.5 Å². The van der Waals surface area contributed by atoms with Crippen LogP contribution in [0.3, 0.4) is 0 Å². The van der Waals surface area contributed by atoms with Crippen molar-refractivity contribution >= 4 is 11.6 Å². The Morgan fingerprint density at radius 3 is 2.87 bits per heavy atom. The van der Waals surface area contributed by atoms with Crippen molar-refractivity contribution in [3.8, 4) is 6.07 Å². The maximum atomic E-state index is 9.06. The van der Waals surface area contributed by atoms with E-state index >= 15 is 0 Å². The second-order valence-electron chi connectivity index (χ2n) is 3.92. The highest BCUT2D eigenvalue weighted by Crippen LogP contribution is 2.27. The van der Waals surface area contributed by atoms with Crippen LogP contribution in [0, 0.1) is 18.3 Å². The molecule has 0 unspecified atom stereocenters. The first-order chi connectivity index (χ1) is 7.13. The van der Waals surface area contributed by atoms with E-state index in [1.165, 1.54) is 5.56 Å². The summed E-state index contributed by atoms with van der Waals surface area (Å²) >= 11 is 5.96. The fraction of sp³-hybridized carbons (Fsp3) is 0.455. The van der Waals surface area contributed by atoms with Crippen LogP contribution >= 0.6 is 11.6 Å². The molecule has 1 aromatic heterocycles. The largest absolute Gasteiger partial charge is 0.302 e. The van der Waals surface area contributed by atoms with Crippen LogP contribution in [0.25, 0.3) is 0 Å². The molecule has 4 heteroatoms. The van der Waals surface area contributed by atoms with Gasteiger partial charge in [-0.05, 0) is 31.5 Å². The summed E-state index contributed by atoms with van der Waals surface area (Å²) in [5, 5.41) is 9.40. The van der Waals surface area contributed by atoms with Gasteiger partial charge in [0.15, 0.2) is 0 Å². The van der Waals surface area contributed by atoms with Crippen LogP contribution in [0.4, 0.5) is 0 Å². The highest BCUT2D eigenvalue weighted by molar-refractivity contribution is 6.30. The first-order valence-corrected chi connectivity index (χ1v) is 5.27. The lowest BCUT2D eigenvalue weighted by molar-refractivity contribution is 0.311. The number of rotatable bonds is 0. The van der Waals surface area contributed by atoms with Gasteiger partial charge in [-0.2, -0.15) is 5.26 Å². The topological polar surface area (TPSA) is 39.9 Å². The van der Waals surface area contributed by atoms with Crippen molar-refractivity contribution in [1.82, 2.24) is 9.88 Å². The van der Waals surface area contributed by atoms with Gasteiger partial charge in [0, 0.05) is 18.8 Å². The molecule has 0 spiro atoms. The predicted octanol–water partition coefficient (Wildman–Crippen LogP) is 1.90. The average molecular weight is 222 g/mol. The number of halogens is 1. The molecule has 1 aliphatic heterocycles. The van der Waals surface area contributed by atoms with Gasteiger partial charge in [-0.3, -0.25) is 0 Å². The number of hydrogen-bond acceptors (Lipinski definition) is 3. The SMILES string of the molecule is Cc1nc(Cl)c(C#N)c2c1CCN(C)C2. The maximum absolute atomic E-state index is 9.06. The molecular weight excluding hydrogens is 210 g/mol. The number of likely N-dealkylation sites (N-methyl/N-ethyl adjacent to an activating group) is 1. The van der Waals surface area contributed by atoms with Gasteiger partial charge in [0.2, 0.25) is 0 Å². The van der Waals surface area contributed by atoms with Gasteiger partial charge in [-0.1, -0.05) is 11.6 Å². The van der Waals surface area contributed by atoms with Crippen LogP contribution in [-0.4, -0.2) is 23.5 Å². The molecule has 2 heterocycles. The summed E-state index contributed by atoms with van der Waals surface area (Å²) in [4.78, 5) is 6.40. The molecular formula is C11H12ClN3. The molecule has 0 radical (unpaired) electrons. The molecule has 0 saturated heterocycles. The Kier molecular flexibility index (Phi) is 2.64. The van der Waals surface area contributed by atoms with E-state index in [4.69, 9.17) is 16.9 Å². The first kappa shape index (κ1) is 10.4. The predicted molar refractivity (Wildman–Crippen MR) is 58.7 cm³/mol. The molecule has 2 rings (SSSR count). The molecule has 1 aliphatic rings. The maximum Gasteiger partial charge on any atom is 0.147 e. The lowest BCUT2D eigenvalue weighted by Gasteiger charge is -2.26. The third kappa shape index (κ3) is 1.71. The van der Waals surface area contributed by atoms with Gasteiger partial charge in [0.25, 0.3) is 0 Å². The summed E-state index contributed by atoms with van der Waals surface area (Å²) in [5.74, 6) is 0. The summed E-state index contributed by atoms with van der Waals surface area (Å²) in [6.07, 6.45) is 0.955. The number of aromatic nitrogens is 1. The van der Waals surface area contributed by atoms with E-state index in [-0.39, 0.29) is 0 Å². The summed E-state index contributed by atoms with van der Waals surface area (Å²) in [7, 11) is 2.05. The van der Waals surface area contributed by atoms with Crippen LogP contribution in [-0.2, 0) is 13.0 Å². The number of fused-ring (bicyclic) bond motifs is 1. The van der Waals surface area contributed by atoms with Crippen molar-refractivity contribution in [3.63, 3.8) is 0 Å². The van der Waals surface area contributed by atoms with E-state index < -0.39 is 0 Å². The molecule has 15 heavy (non-hydrogen) atoms. The Hall–Kier alpha value is -1.11. The number of hydrogen-bond donors (Lipinski definition) is 0. The molecule has 0 fully saturated rings. The van der Waals surface area contributed by atoms with E-state index in [9.17, 15) is 0 Å². The quantitative estimate of drug-likeness (QED) is 0.629.